The largest absolute Gasteiger partial charge is 0.352 e. The van der Waals surface area contributed by atoms with Gasteiger partial charge in [-0.05, 0) is 47.0 Å². The van der Waals surface area contributed by atoms with E-state index in [-0.39, 0.29) is 5.91 Å². The molecule has 0 atom stereocenters. The van der Waals surface area contributed by atoms with Gasteiger partial charge in [-0.1, -0.05) is 18.0 Å². The zero-order valence-corrected chi connectivity index (χ0v) is 12.4. The molecule has 1 amide bonds. The molecule has 0 saturated carbocycles. The molecular weight excluding hydrogens is 325 g/mol. The van der Waals surface area contributed by atoms with Crippen molar-refractivity contribution in [2.45, 2.75) is 19.3 Å². The van der Waals surface area contributed by atoms with E-state index in [2.05, 4.69) is 21.2 Å². The van der Waals surface area contributed by atoms with Crippen LogP contribution in [0, 0.1) is 0 Å². The van der Waals surface area contributed by atoms with E-state index in [0.717, 1.165) is 23.7 Å². The third-order valence-corrected chi connectivity index (χ3v) is 3.76. The summed E-state index contributed by atoms with van der Waals surface area (Å²) in [5, 5.41) is 3.46. The lowest BCUT2D eigenvalue weighted by Crippen LogP contribution is -2.24. The highest BCUT2D eigenvalue weighted by molar-refractivity contribution is 9.10. The van der Waals surface area contributed by atoms with E-state index >= 15 is 0 Å². The van der Waals surface area contributed by atoms with Crippen molar-refractivity contribution in [3.8, 4) is 0 Å². The van der Waals surface area contributed by atoms with Gasteiger partial charge in [-0.3, -0.25) is 4.79 Å². The SMILES string of the molecule is O=C(NCCCCCCl)c1ccc(Cl)c(Br)c1. The zero-order valence-electron chi connectivity index (χ0n) is 9.31. The first-order chi connectivity index (χ1) is 8.15. The van der Waals surface area contributed by atoms with Crippen molar-refractivity contribution >= 4 is 45.0 Å². The Morgan fingerprint density at radius 3 is 2.71 bits per heavy atom. The Bertz CT molecular complexity index is 385. The Morgan fingerprint density at radius 2 is 2.06 bits per heavy atom. The van der Waals surface area contributed by atoms with Crippen LogP contribution in [0.15, 0.2) is 22.7 Å². The molecule has 0 aliphatic heterocycles. The van der Waals surface area contributed by atoms with Crippen LogP contribution in [0.1, 0.15) is 29.6 Å². The van der Waals surface area contributed by atoms with Gasteiger partial charge >= 0.3 is 0 Å². The predicted molar refractivity (Wildman–Crippen MR) is 76.1 cm³/mol. The van der Waals surface area contributed by atoms with Gasteiger partial charge in [0.25, 0.3) is 5.91 Å². The van der Waals surface area contributed by atoms with Gasteiger partial charge in [0.15, 0.2) is 0 Å². The summed E-state index contributed by atoms with van der Waals surface area (Å²) in [7, 11) is 0. The molecular formula is C12H14BrCl2NO. The highest BCUT2D eigenvalue weighted by Crippen LogP contribution is 2.23. The normalized spacial score (nSPS) is 10.3. The van der Waals surface area contributed by atoms with Gasteiger partial charge in [0.1, 0.15) is 0 Å². The summed E-state index contributed by atoms with van der Waals surface area (Å²) in [5.74, 6) is 0.603. The second-order valence-corrected chi connectivity index (χ2v) is 5.27. The van der Waals surface area contributed by atoms with Crippen LogP contribution in [0.3, 0.4) is 0 Å². The minimum atomic E-state index is -0.0757. The number of unbranched alkanes of at least 4 members (excludes halogenated alkanes) is 2. The van der Waals surface area contributed by atoms with Gasteiger partial charge in [0.05, 0.1) is 5.02 Å². The molecule has 17 heavy (non-hydrogen) atoms. The van der Waals surface area contributed by atoms with E-state index in [1.165, 1.54) is 0 Å². The van der Waals surface area contributed by atoms with Crippen molar-refractivity contribution in [2.24, 2.45) is 0 Å². The first kappa shape index (κ1) is 14.8. The van der Waals surface area contributed by atoms with Crippen molar-refractivity contribution < 1.29 is 4.79 Å². The Labute approximate surface area is 120 Å². The van der Waals surface area contributed by atoms with Crippen LogP contribution in [-0.4, -0.2) is 18.3 Å². The van der Waals surface area contributed by atoms with Crippen LogP contribution >= 0.6 is 39.1 Å². The molecule has 1 aromatic carbocycles. The number of rotatable bonds is 6. The van der Waals surface area contributed by atoms with E-state index < -0.39 is 0 Å². The molecule has 1 N–H and O–H groups in total. The lowest BCUT2D eigenvalue weighted by molar-refractivity contribution is 0.0953. The third kappa shape index (κ3) is 5.28. The number of alkyl halides is 1. The molecule has 0 saturated heterocycles. The maximum Gasteiger partial charge on any atom is 0.251 e. The maximum absolute atomic E-state index is 11.7. The number of amides is 1. The summed E-state index contributed by atoms with van der Waals surface area (Å²) in [4.78, 5) is 11.7. The van der Waals surface area contributed by atoms with E-state index in [9.17, 15) is 4.79 Å². The van der Waals surface area contributed by atoms with Crippen LogP contribution in [0.4, 0.5) is 0 Å². The number of halogens is 3. The molecule has 94 valence electrons. The van der Waals surface area contributed by atoms with Crippen molar-refractivity contribution in [2.75, 3.05) is 12.4 Å². The number of carbonyl (C=O) groups excluding carboxylic acids is 1. The maximum atomic E-state index is 11.7. The fourth-order valence-electron chi connectivity index (χ4n) is 1.34. The molecule has 0 aliphatic carbocycles. The Kier molecular flexibility index (Phi) is 6.93. The molecule has 1 aromatic rings. The molecule has 0 unspecified atom stereocenters. The molecule has 0 aromatic heterocycles. The van der Waals surface area contributed by atoms with Crippen LogP contribution in [0.25, 0.3) is 0 Å². The molecule has 0 fully saturated rings. The van der Waals surface area contributed by atoms with Crippen molar-refractivity contribution in [1.29, 1.82) is 0 Å². The lowest BCUT2D eigenvalue weighted by Gasteiger charge is -2.05. The smallest absolute Gasteiger partial charge is 0.251 e. The molecule has 0 bridgehead atoms. The van der Waals surface area contributed by atoms with Gasteiger partial charge in [-0.15, -0.1) is 11.6 Å². The monoisotopic (exact) mass is 337 g/mol. The van der Waals surface area contributed by atoms with E-state index in [4.69, 9.17) is 23.2 Å². The number of hydrogen-bond donors (Lipinski definition) is 1. The minimum Gasteiger partial charge on any atom is -0.352 e. The van der Waals surface area contributed by atoms with E-state index in [1.807, 2.05) is 0 Å². The molecule has 0 radical (unpaired) electrons. The fraction of sp³-hybridized carbons (Fsp3) is 0.417. The number of nitrogens with one attached hydrogen (secondary N) is 1. The van der Waals surface area contributed by atoms with Crippen LogP contribution in [0.2, 0.25) is 5.02 Å². The van der Waals surface area contributed by atoms with Crippen molar-refractivity contribution in [3.63, 3.8) is 0 Å². The fourth-order valence-corrected chi connectivity index (χ4v) is 2.02. The van der Waals surface area contributed by atoms with Crippen LogP contribution in [0.5, 0.6) is 0 Å². The highest BCUT2D eigenvalue weighted by Gasteiger charge is 2.06. The average Bonchev–Trinajstić information content (AvgIpc) is 2.32. The zero-order chi connectivity index (χ0) is 12.7. The summed E-state index contributed by atoms with van der Waals surface area (Å²) in [6, 6.07) is 5.13. The summed E-state index contributed by atoms with van der Waals surface area (Å²) in [6.07, 6.45) is 2.98. The number of carbonyl (C=O) groups is 1. The van der Waals surface area contributed by atoms with Crippen LogP contribution < -0.4 is 5.32 Å². The van der Waals surface area contributed by atoms with Gasteiger partial charge in [-0.25, -0.2) is 0 Å². The second-order valence-electron chi connectivity index (χ2n) is 3.63. The van der Waals surface area contributed by atoms with Gasteiger partial charge in [0, 0.05) is 22.5 Å². The van der Waals surface area contributed by atoms with Crippen molar-refractivity contribution in [3.05, 3.63) is 33.3 Å². The summed E-state index contributed by atoms with van der Waals surface area (Å²) in [5.41, 5.74) is 0.610. The van der Waals surface area contributed by atoms with Gasteiger partial charge in [-0.2, -0.15) is 0 Å². The molecule has 5 heteroatoms. The van der Waals surface area contributed by atoms with Gasteiger partial charge in [0.2, 0.25) is 0 Å². The van der Waals surface area contributed by atoms with E-state index in [0.29, 0.717) is 23.0 Å². The first-order valence-electron chi connectivity index (χ1n) is 5.44. The Hall–Kier alpha value is -0.250. The van der Waals surface area contributed by atoms with Gasteiger partial charge < -0.3 is 5.32 Å². The molecule has 2 nitrogen and oxygen atoms in total. The van der Waals surface area contributed by atoms with E-state index in [1.54, 1.807) is 18.2 Å². The lowest BCUT2D eigenvalue weighted by atomic mass is 10.2. The minimum absolute atomic E-state index is 0.0757. The summed E-state index contributed by atoms with van der Waals surface area (Å²) < 4.78 is 0.731. The molecule has 1 rings (SSSR count). The second kappa shape index (κ2) is 7.96. The van der Waals surface area contributed by atoms with Crippen molar-refractivity contribution in [1.82, 2.24) is 5.32 Å². The highest BCUT2D eigenvalue weighted by atomic mass is 79.9. The Morgan fingerprint density at radius 1 is 1.29 bits per heavy atom. The summed E-state index contributed by atoms with van der Waals surface area (Å²) >= 11 is 14.7. The Balaban J connectivity index is 2.39. The summed E-state index contributed by atoms with van der Waals surface area (Å²) in [6.45, 7) is 0.677. The molecule has 0 spiro atoms. The first-order valence-corrected chi connectivity index (χ1v) is 7.15. The number of benzene rings is 1. The third-order valence-electron chi connectivity index (χ3n) is 2.28. The van der Waals surface area contributed by atoms with Crippen LogP contribution in [-0.2, 0) is 0 Å². The standard InChI is InChI=1S/C12H14BrCl2NO/c13-10-8-9(4-5-11(10)15)12(17)16-7-3-1-2-6-14/h4-5,8H,1-3,6-7H2,(H,16,17). The number of hydrogen-bond acceptors (Lipinski definition) is 1. The molecule has 0 aliphatic rings. The quantitative estimate of drug-likeness (QED) is 0.610. The topological polar surface area (TPSA) is 29.1 Å². The average molecular weight is 339 g/mol. The molecule has 0 heterocycles. The predicted octanol–water partition coefficient (Wildman–Crippen LogP) is 4.24.